The van der Waals surface area contributed by atoms with Crippen molar-refractivity contribution in [2.45, 2.75) is 0 Å². The minimum Gasteiger partial charge on any atom is -0.453 e. The van der Waals surface area contributed by atoms with E-state index in [0.29, 0.717) is 12.6 Å². The Bertz CT molecular complexity index is 202. The highest BCUT2D eigenvalue weighted by atomic mass is 16.5. The number of hydrogen-bond donors (Lipinski definition) is 0. The van der Waals surface area contributed by atoms with Crippen LogP contribution in [0.3, 0.4) is 0 Å². The molecule has 2 rings (SSSR count). The van der Waals surface area contributed by atoms with Gasteiger partial charge in [-0.1, -0.05) is 0 Å². The summed E-state index contributed by atoms with van der Waals surface area (Å²) in [5.74, 6) is 0.671. The molecule has 0 aliphatic carbocycles. The second-order valence-corrected chi connectivity index (χ2v) is 1.57. The molecule has 2 heterocycles. The maximum Gasteiger partial charge on any atom is 0.241 e. The quantitative estimate of drug-likeness (QED) is 0.440. The minimum absolute atomic E-state index is 0.443. The molecule has 0 radical (unpaired) electrons. The molecule has 3 heteroatoms. The van der Waals surface area contributed by atoms with Gasteiger partial charge in [0.1, 0.15) is 5.71 Å². The van der Waals surface area contributed by atoms with Crippen molar-refractivity contribution in [2.75, 3.05) is 6.73 Å². The third kappa shape index (κ3) is 0.332. The number of hydrogen-bond acceptors (Lipinski definition) is 3. The molecule has 0 saturated heterocycles. The smallest absolute Gasteiger partial charge is 0.241 e. The summed E-state index contributed by atoms with van der Waals surface area (Å²) < 4.78 is 4.96. The molecule has 2 aliphatic rings. The monoisotopic (exact) mass is 108 g/mol. The van der Waals surface area contributed by atoms with Crippen LogP contribution in [0.15, 0.2) is 22.3 Å². The van der Waals surface area contributed by atoms with Gasteiger partial charge in [0.2, 0.25) is 5.90 Å². The van der Waals surface area contributed by atoms with Crippen molar-refractivity contribution < 1.29 is 4.74 Å². The lowest BCUT2D eigenvalue weighted by Crippen LogP contribution is -2.02. The first kappa shape index (κ1) is 3.83. The summed E-state index contributed by atoms with van der Waals surface area (Å²) in [7, 11) is 0. The molecule has 0 bridgehead atoms. The number of nitrogens with zero attached hydrogens (tertiary/aromatic N) is 2. The van der Waals surface area contributed by atoms with Crippen LogP contribution < -0.4 is 0 Å². The summed E-state index contributed by atoms with van der Waals surface area (Å²) in [4.78, 5) is 7.86. The third-order valence-corrected chi connectivity index (χ3v) is 1.08. The van der Waals surface area contributed by atoms with Gasteiger partial charge in [0, 0.05) is 6.20 Å². The second-order valence-electron chi connectivity index (χ2n) is 1.57. The van der Waals surface area contributed by atoms with Gasteiger partial charge < -0.3 is 4.74 Å². The Morgan fingerprint density at radius 3 is 3.50 bits per heavy atom. The van der Waals surface area contributed by atoms with Crippen LogP contribution in [0.2, 0.25) is 0 Å². The normalized spacial score (nSPS) is 22.0. The predicted octanol–water partition coefficient (Wildman–Crippen LogP) is 0.341. The zero-order valence-corrected chi connectivity index (χ0v) is 4.16. The van der Waals surface area contributed by atoms with Crippen LogP contribution in [0.4, 0.5) is 0 Å². The topological polar surface area (TPSA) is 34.0 Å². The van der Waals surface area contributed by atoms with Gasteiger partial charge in [0.05, 0.1) is 0 Å². The molecule has 0 atom stereocenters. The van der Waals surface area contributed by atoms with Gasteiger partial charge >= 0.3 is 0 Å². The van der Waals surface area contributed by atoms with E-state index in [0.717, 1.165) is 5.71 Å². The van der Waals surface area contributed by atoms with E-state index in [1.807, 2.05) is 6.08 Å². The Kier molecular flexibility index (Phi) is 0.566. The molecule has 0 unspecified atom stereocenters. The van der Waals surface area contributed by atoms with Crippen molar-refractivity contribution in [3.63, 3.8) is 0 Å². The first-order valence-electron chi connectivity index (χ1n) is 2.39. The van der Waals surface area contributed by atoms with Gasteiger partial charge in [-0.05, 0) is 6.08 Å². The number of fused-ring (bicyclic) bond motifs is 1. The minimum atomic E-state index is 0.443. The standard InChI is InChI=1S/C5H4N2O/c1-2-6-5-4(1)7-3-8-5/h1-2H,3H2. The molecule has 0 aromatic heterocycles. The van der Waals surface area contributed by atoms with Gasteiger partial charge in [-0.3, -0.25) is 0 Å². The molecule has 0 amide bonds. The van der Waals surface area contributed by atoms with Crippen LogP contribution in [0.5, 0.6) is 0 Å². The van der Waals surface area contributed by atoms with Gasteiger partial charge in [-0.25, -0.2) is 9.98 Å². The second kappa shape index (κ2) is 1.18. The molecular formula is C5H4N2O. The molecule has 8 heavy (non-hydrogen) atoms. The maximum atomic E-state index is 4.96. The van der Waals surface area contributed by atoms with Crippen LogP contribution in [-0.2, 0) is 4.74 Å². The fourth-order valence-corrected chi connectivity index (χ4v) is 0.707. The van der Waals surface area contributed by atoms with Crippen molar-refractivity contribution in [2.24, 2.45) is 9.98 Å². The zero-order valence-electron chi connectivity index (χ0n) is 4.16. The van der Waals surface area contributed by atoms with Crippen molar-refractivity contribution in [3.05, 3.63) is 12.3 Å². The Morgan fingerprint density at radius 2 is 2.62 bits per heavy atom. The molecule has 0 saturated carbocycles. The van der Waals surface area contributed by atoms with E-state index in [2.05, 4.69) is 9.98 Å². The van der Waals surface area contributed by atoms with Crippen LogP contribution in [-0.4, -0.2) is 18.3 Å². The zero-order chi connectivity index (χ0) is 5.40. The van der Waals surface area contributed by atoms with Gasteiger partial charge in [0.15, 0.2) is 6.73 Å². The van der Waals surface area contributed by atoms with Gasteiger partial charge in [-0.2, -0.15) is 0 Å². The SMILES string of the molecule is C1=CC2=NCOC2=N1. The molecule has 0 fully saturated rings. The molecular weight excluding hydrogens is 104 g/mol. The van der Waals surface area contributed by atoms with Crippen LogP contribution in [0, 0.1) is 0 Å². The Morgan fingerprint density at radius 1 is 1.62 bits per heavy atom. The highest BCUT2D eigenvalue weighted by Gasteiger charge is 2.15. The average Bonchev–Trinajstić information content (AvgIpc) is 2.15. The first-order chi connectivity index (χ1) is 3.97. The molecule has 0 aromatic carbocycles. The summed E-state index contributed by atoms with van der Waals surface area (Å²) in [5, 5.41) is 0. The summed E-state index contributed by atoms with van der Waals surface area (Å²) >= 11 is 0. The Balaban J connectivity index is 2.49. The lowest BCUT2D eigenvalue weighted by Gasteiger charge is -1.87. The summed E-state index contributed by atoms with van der Waals surface area (Å²) in [6, 6.07) is 0. The van der Waals surface area contributed by atoms with Gasteiger partial charge in [0.25, 0.3) is 0 Å². The van der Waals surface area contributed by atoms with E-state index in [9.17, 15) is 0 Å². The molecule has 3 nitrogen and oxygen atoms in total. The highest BCUT2D eigenvalue weighted by molar-refractivity contribution is 6.45. The lowest BCUT2D eigenvalue weighted by molar-refractivity contribution is 0.340. The van der Waals surface area contributed by atoms with Gasteiger partial charge in [-0.15, -0.1) is 0 Å². The average molecular weight is 108 g/mol. The number of ether oxygens (including phenoxy) is 1. The first-order valence-corrected chi connectivity index (χ1v) is 2.39. The third-order valence-electron chi connectivity index (χ3n) is 1.08. The Labute approximate surface area is 46.4 Å². The fraction of sp³-hybridized carbons (Fsp3) is 0.200. The largest absolute Gasteiger partial charge is 0.453 e. The molecule has 0 N–H and O–H groups in total. The summed E-state index contributed by atoms with van der Waals surface area (Å²) in [5.41, 5.74) is 0.880. The number of aliphatic imine (C=N–C) groups is 2. The van der Waals surface area contributed by atoms with Crippen molar-refractivity contribution >= 4 is 11.6 Å². The van der Waals surface area contributed by atoms with E-state index < -0.39 is 0 Å². The van der Waals surface area contributed by atoms with E-state index in [1.165, 1.54) is 0 Å². The lowest BCUT2D eigenvalue weighted by atomic mass is 10.4. The van der Waals surface area contributed by atoms with Crippen LogP contribution in [0.25, 0.3) is 0 Å². The number of rotatable bonds is 0. The molecule has 2 aliphatic heterocycles. The molecule has 0 spiro atoms. The molecule has 40 valence electrons. The van der Waals surface area contributed by atoms with Crippen LogP contribution >= 0.6 is 0 Å². The van der Waals surface area contributed by atoms with Crippen molar-refractivity contribution in [1.82, 2.24) is 0 Å². The summed E-state index contributed by atoms with van der Waals surface area (Å²) in [6.07, 6.45) is 3.52. The predicted molar refractivity (Wildman–Crippen MR) is 30.0 cm³/mol. The van der Waals surface area contributed by atoms with E-state index >= 15 is 0 Å². The van der Waals surface area contributed by atoms with Crippen molar-refractivity contribution in [1.29, 1.82) is 0 Å². The van der Waals surface area contributed by atoms with E-state index in [1.54, 1.807) is 6.20 Å². The fourth-order valence-electron chi connectivity index (χ4n) is 0.707. The van der Waals surface area contributed by atoms with E-state index in [-0.39, 0.29) is 0 Å². The van der Waals surface area contributed by atoms with Crippen LogP contribution in [0.1, 0.15) is 0 Å². The Hall–Kier alpha value is -1.12. The summed E-state index contributed by atoms with van der Waals surface area (Å²) in [6.45, 7) is 0.443. The maximum absolute atomic E-state index is 4.96. The molecule has 0 aromatic rings. The van der Waals surface area contributed by atoms with E-state index in [4.69, 9.17) is 4.74 Å². The highest BCUT2D eigenvalue weighted by Crippen LogP contribution is 2.05. The van der Waals surface area contributed by atoms with Crippen molar-refractivity contribution in [3.8, 4) is 0 Å².